The zero-order valence-corrected chi connectivity index (χ0v) is 12.2. The van der Waals surface area contributed by atoms with Gasteiger partial charge in [-0.15, -0.1) is 0 Å². The van der Waals surface area contributed by atoms with Crippen LogP contribution in [0, 0.1) is 13.8 Å². The summed E-state index contributed by atoms with van der Waals surface area (Å²) < 4.78 is 2.12. The van der Waals surface area contributed by atoms with E-state index in [-0.39, 0.29) is 5.91 Å². The van der Waals surface area contributed by atoms with E-state index in [0.717, 1.165) is 23.5 Å². The quantitative estimate of drug-likeness (QED) is 0.890. The summed E-state index contributed by atoms with van der Waals surface area (Å²) in [5.74, 6) is -0.0371. The average Bonchev–Trinajstić information content (AvgIpc) is 2.50. The van der Waals surface area contributed by atoms with Crippen molar-refractivity contribution in [3.63, 3.8) is 0 Å². The monoisotopic (exact) mass is 252 g/mol. The van der Waals surface area contributed by atoms with Gasteiger partial charge in [-0.05, 0) is 40.7 Å². The maximum Gasteiger partial charge on any atom is 0.255 e. The van der Waals surface area contributed by atoms with Gasteiger partial charge in [-0.2, -0.15) is 0 Å². The lowest BCUT2D eigenvalue weighted by Gasteiger charge is -2.25. The number of aryl methyl sites for hydroxylation is 1. The van der Waals surface area contributed by atoms with Crippen molar-refractivity contribution in [2.45, 2.75) is 46.8 Å². The number of carbonyl (C=O) groups is 1. The van der Waals surface area contributed by atoms with Gasteiger partial charge in [0.25, 0.3) is 5.91 Å². The van der Waals surface area contributed by atoms with E-state index in [1.807, 2.05) is 19.9 Å². The maximum absolute atomic E-state index is 12.3. The third-order valence-electron chi connectivity index (χ3n) is 3.09. The molecule has 0 radical (unpaired) electrons. The summed E-state index contributed by atoms with van der Waals surface area (Å²) in [6, 6.07) is 1.92. The number of rotatable bonds is 4. The summed E-state index contributed by atoms with van der Waals surface area (Å²) in [4.78, 5) is 13.9. The standard InChI is InChI=1S/C14H24N2O2/c1-7-16-10(2)8-12(11(16)3)13(17)15(6)9-14(4,5)18/h8,18H,7,9H2,1-6H3. The molecule has 4 heteroatoms. The van der Waals surface area contributed by atoms with Crippen LogP contribution in [0.1, 0.15) is 42.5 Å². The van der Waals surface area contributed by atoms with Crippen LogP contribution in [0.15, 0.2) is 6.07 Å². The number of nitrogens with zero attached hydrogens (tertiary/aromatic N) is 2. The summed E-state index contributed by atoms with van der Waals surface area (Å²) in [5, 5.41) is 9.76. The fourth-order valence-electron chi connectivity index (χ4n) is 2.36. The largest absolute Gasteiger partial charge is 0.389 e. The van der Waals surface area contributed by atoms with E-state index in [1.54, 1.807) is 25.8 Å². The van der Waals surface area contributed by atoms with Crippen molar-refractivity contribution < 1.29 is 9.90 Å². The zero-order valence-electron chi connectivity index (χ0n) is 12.2. The molecule has 0 aliphatic rings. The van der Waals surface area contributed by atoms with Gasteiger partial charge in [0.1, 0.15) is 0 Å². The van der Waals surface area contributed by atoms with Crippen LogP contribution in [0.4, 0.5) is 0 Å². The number of carbonyl (C=O) groups excluding carboxylic acids is 1. The van der Waals surface area contributed by atoms with Gasteiger partial charge < -0.3 is 14.6 Å². The van der Waals surface area contributed by atoms with Gasteiger partial charge in [0.2, 0.25) is 0 Å². The molecular formula is C14H24N2O2. The molecule has 0 bridgehead atoms. The van der Waals surface area contributed by atoms with Gasteiger partial charge in [0.15, 0.2) is 0 Å². The Morgan fingerprint density at radius 1 is 1.44 bits per heavy atom. The van der Waals surface area contributed by atoms with Crippen LogP contribution in [0.2, 0.25) is 0 Å². The highest BCUT2D eigenvalue weighted by atomic mass is 16.3. The second-order valence-electron chi connectivity index (χ2n) is 5.50. The number of hydrogen-bond acceptors (Lipinski definition) is 2. The molecular weight excluding hydrogens is 228 g/mol. The minimum Gasteiger partial charge on any atom is -0.389 e. The van der Waals surface area contributed by atoms with E-state index < -0.39 is 5.60 Å². The third-order valence-corrected chi connectivity index (χ3v) is 3.09. The van der Waals surface area contributed by atoms with Crippen molar-refractivity contribution in [2.24, 2.45) is 0 Å². The molecule has 1 amide bonds. The lowest BCUT2D eigenvalue weighted by atomic mass is 10.1. The Kier molecular flexibility index (Phi) is 4.22. The van der Waals surface area contributed by atoms with Crippen LogP contribution in [0.3, 0.4) is 0 Å². The predicted molar refractivity (Wildman–Crippen MR) is 72.8 cm³/mol. The Morgan fingerprint density at radius 2 is 2.00 bits per heavy atom. The molecule has 102 valence electrons. The van der Waals surface area contributed by atoms with Crippen molar-refractivity contribution in [1.29, 1.82) is 0 Å². The Labute approximate surface area is 109 Å². The first-order valence-corrected chi connectivity index (χ1v) is 6.32. The number of amides is 1. The number of likely N-dealkylation sites (N-methyl/N-ethyl adjacent to an activating group) is 1. The molecule has 18 heavy (non-hydrogen) atoms. The summed E-state index contributed by atoms with van der Waals surface area (Å²) >= 11 is 0. The van der Waals surface area contributed by atoms with Crippen molar-refractivity contribution in [3.8, 4) is 0 Å². The fraction of sp³-hybridized carbons (Fsp3) is 0.643. The Morgan fingerprint density at radius 3 is 2.39 bits per heavy atom. The second kappa shape index (κ2) is 5.14. The van der Waals surface area contributed by atoms with Crippen molar-refractivity contribution in [3.05, 3.63) is 23.0 Å². The highest BCUT2D eigenvalue weighted by Crippen LogP contribution is 2.17. The Balaban J connectivity index is 2.98. The molecule has 0 aromatic carbocycles. The van der Waals surface area contributed by atoms with Crippen LogP contribution in [0.25, 0.3) is 0 Å². The van der Waals surface area contributed by atoms with E-state index >= 15 is 0 Å². The summed E-state index contributed by atoms with van der Waals surface area (Å²) in [5.41, 5.74) is 1.93. The predicted octanol–water partition coefficient (Wildman–Crippen LogP) is 1.97. The van der Waals surface area contributed by atoms with Crippen LogP contribution >= 0.6 is 0 Å². The molecule has 1 N–H and O–H groups in total. The van der Waals surface area contributed by atoms with Crippen LogP contribution in [-0.4, -0.2) is 39.7 Å². The molecule has 1 heterocycles. The van der Waals surface area contributed by atoms with Crippen molar-refractivity contribution in [2.75, 3.05) is 13.6 Å². The first-order chi connectivity index (χ1) is 8.17. The minimum atomic E-state index is -0.874. The van der Waals surface area contributed by atoms with Gasteiger partial charge in [-0.3, -0.25) is 4.79 Å². The Hall–Kier alpha value is -1.29. The van der Waals surface area contributed by atoms with Gasteiger partial charge in [0, 0.05) is 31.5 Å². The van der Waals surface area contributed by atoms with Gasteiger partial charge in [-0.1, -0.05) is 0 Å². The van der Waals surface area contributed by atoms with Gasteiger partial charge in [-0.25, -0.2) is 0 Å². The van der Waals surface area contributed by atoms with Crippen LogP contribution < -0.4 is 0 Å². The van der Waals surface area contributed by atoms with E-state index in [2.05, 4.69) is 11.5 Å². The molecule has 1 aromatic rings. The average molecular weight is 252 g/mol. The van der Waals surface area contributed by atoms with Crippen molar-refractivity contribution >= 4 is 5.91 Å². The molecule has 1 aromatic heterocycles. The molecule has 0 aliphatic carbocycles. The van der Waals surface area contributed by atoms with Crippen LogP contribution in [0.5, 0.6) is 0 Å². The Bertz CT molecular complexity index is 441. The highest BCUT2D eigenvalue weighted by Gasteiger charge is 2.23. The molecule has 0 spiro atoms. The number of aromatic nitrogens is 1. The molecule has 0 saturated carbocycles. The molecule has 0 saturated heterocycles. The second-order valence-corrected chi connectivity index (χ2v) is 5.50. The molecule has 0 aliphatic heterocycles. The van der Waals surface area contributed by atoms with Crippen LogP contribution in [-0.2, 0) is 6.54 Å². The normalized spacial score (nSPS) is 11.7. The molecule has 1 rings (SSSR count). The smallest absolute Gasteiger partial charge is 0.255 e. The van der Waals surface area contributed by atoms with Gasteiger partial charge >= 0.3 is 0 Å². The number of hydrogen-bond donors (Lipinski definition) is 1. The van der Waals surface area contributed by atoms with E-state index in [0.29, 0.717) is 6.54 Å². The molecule has 0 fully saturated rings. The van der Waals surface area contributed by atoms with E-state index in [1.165, 1.54) is 0 Å². The fourth-order valence-corrected chi connectivity index (χ4v) is 2.36. The first-order valence-electron chi connectivity index (χ1n) is 6.32. The molecule has 4 nitrogen and oxygen atoms in total. The summed E-state index contributed by atoms with van der Waals surface area (Å²) in [6.45, 7) is 10.6. The lowest BCUT2D eigenvalue weighted by Crippen LogP contribution is -2.39. The van der Waals surface area contributed by atoms with Gasteiger partial charge in [0.05, 0.1) is 11.2 Å². The number of aliphatic hydroxyl groups is 1. The molecule has 0 atom stereocenters. The third kappa shape index (κ3) is 3.13. The van der Waals surface area contributed by atoms with E-state index in [9.17, 15) is 9.90 Å². The summed E-state index contributed by atoms with van der Waals surface area (Å²) in [6.07, 6.45) is 0. The van der Waals surface area contributed by atoms with E-state index in [4.69, 9.17) is 0 Å². The topological polar surface area (TPSA) is 45.5 Å². The lowest BCUT2D eigenvalue weighted by molar-refractivity contribution is 0.0367. The zero-order chi connectivity index (χ0) is 14.1. The highest BCUT2D eigenvalue weighted by molar-refractivity contribution is 5.95. The minimum absolute atomic E-state index is 0.0371. The first kappa shape index (κ1) is 14.8. The van der Waals surface area contributed by atoms with Crippen molar-refractivity contribution in [1.82, 2.24) is 9.47 Å². The molecule has 0 unspecified atom stereocenters. The maximum atomic E-state index is 12.3. The SMILES string of the molecule is CCn1c(C)cc(C(=O)N(C)CC(C)(C)O)c1C. The summed E-state index contributed by atoms with van der Waals surface area (Å²) in [7, 11) is 1.72.